The monoisotopic (exact) mass is 252 g/mol. The average Bonchev–Trinajstić information content (AvgIpc) is 3.12. The average molecular weight is 252 g/mol. The molecule has 1 saturated carbocycles. The second-order valence-corrected chi connectivity index (χ2v) is 6.33. The molecule has 1 unspecified atom stereocenters. The molecule has 1 atom stereocenters. The molecule has 1 aliphatic rings. The van der Waals surface area contributed by atoms with E-state index in [4.69, 9.17) is 5.84 Å². The van der Waals surface area contributed by atoms with Crippen LogP contribution in [-0.2, 0) is 0 Å². The molecule has 3 N–H and O–H groups in total. The van der Waals surface area contributed by atoms with E-state index in [2.05, 4.69) is 36.2 Å². The Bertz CT molecular complexity index is 390. The maximum atomic E-state index is 5.45. The molecule has 5 heteroatoms. The Morgan fingerprint density at radius 1 is 1.35 bits per heavy atom. The molecule has 0 radical (unpaired) electrons. The van der Waals surface area contributed by atoms with Crippen molar-refractivity contribution in [1.29, 1.82) is 0 Å². The molecule has 0 amide bonds. The van der Waals surface area contributed by atoms with Gasteiger partial charge in [0.05, 0.1) is 0 Å². The van der Waals surface area contributed by atoms with E-state index in [0.717, 1.165) is 16.7 Å². The number of hydrogen-bond acceptors (Lipinski definition) is 5. The van der Waals surface area contributed by atoms with E-state index in [1.807, 2.05) is 6.07 Å². The molecule has 1 heterocycles. The van der Waals surface area contributed by atoms with Gasteiger partial charge in [-0.2, -0.15) is 0 Å². The Balaban J connectivity index is 2.17. The highest BCUT2D eigenvalue weighted by Gasteiger charge is 2.27. The lowest BCUT2D eigenvalue weighted by Gasteiger charge is -2.15. The Hall–Kier alpha value is -0.810. The van der Waals surface area contributed by atoms with E-state index in [-0.39, 0.29) is 0 Å². The molecule has 17 heavy (non-hydrogen) atoms. The van der Waals surface area contributed by atoms with Gasteiger partial charge in [-0.1, -0.05) is 20.8 Å². The lowest BCUT2D eigenvalue weighted by Crippen LogP contribution is -2.11. The first-order chi connectivity index (χ1) is 8.10. The molecule has 0 bridgehead atoms. The van der Waals surface area contributed by atoms with Crippen molar-refractivity contribution in [3.05, 3.63) is 11.9 Å². The third-order valence-electron chi connectivity index (χ3n) is 3.06. The van der Waals surface area contributed by atoms with Gasteiger partial charge in [-0.15, -0.1) is 11.8 Å². The van der Waals surface area contributed by atoms with Crippen molar-refractivity contribution < 1.29 is 0 Å². The first-order valence-corrected chi connectivity index (χ1v) is 7.00. The van der Waals surface area contributed by atoms with Crippen LogP contribution in [0.15, 0.2) is 11.1 Å². The minimum Gasteiger partial charge on any atom is -0.308 e. The van der Waals surface area contributed by atoms with E-state index >= 15 is 0 Å². The quantitative estimate of drug-likeness (QED) is 0.365. The van der Waals surface area contributed by atoms with Gasteiger partial charge >= 0.3 is 0 Å². The molecule has 1 fully saturated rings. The molecule has 1 aromatic heterocycles. The number of nitrogens with one attached hydrogen (secondary N) is 1. The van der Waals surface area contributed by atoms with E-state index in [0.29, 0.717) is 17.1 Å². The summed E-state index contributed by atoms with van der Waals surface area (Å²) in [6.07, 6.45) is 2.41. The lowest BCUT2D eigenvalue weighted by molar-refractivity contribution is 0.641. The van der Waals surface area contributed by atoms with Gasteiger partial charge in [0.25, 0.3) is 0 Å². The van der Waals surface area contributed by atoms with Crippen LogP contribution in [0.2, 0.25) is 0 Å². The molecule has 4 nitrogen and oxygen atoms in total. The Morgan fingerprint density at radius 3 is 2.59 bits per heavy atom. The molecule has 0 saturated heterocycles. The molecule has 0 spiro atoms. The number of nitrogens with zero attached hydrogens (tertiary/aromatic N) is 2. The number of nitrogens with two attached hydrogens (primary N) is 1. The van der Waals surface area contributed by atoms with Crippen LogP contribution in [0, 0.1) is 5.92 Å². The van der Waals surface area contributed by atoms with Crippen molar-refractivity contribution in [2.75, 3.05) is 5.43 Å². The number of hydrazine groups is 1. The van der Waals surface area contributed by atoms with Gasteiger partial charge in [-0.05, 0) is 18.8 Å². The molecule has 1 aromatic rings. The van der Waals surface area contributed by atoms with E-state index < -0.39 is 0 Å². The van der Waals surface area contributed by atoms with Gasteiger partial charge in [0.2, 0.25) is 0 Å². The SMILES string of the molecule is CC(C)C(C)Sc1cc(NN)nc(C2CC2)n1. The fourth-order valence-electron chi connectivity index (χ4n) is 1.43. The lowest BCUT2D eigenvalue weighted by atomic mass is 10.2. The summed E-state index contributed by atoms with van der Waals surface area (Å²) < 4.78 is 0. The minimum atomic E-state index is 0.544. The van der Waals surface area contributed by atoms with Crippen molar-refractivity contribution >= 4 is 17.6 Å². The molecule has 1 aliphatic carbocycles. The highest BCUT2D eigenvalue weighted by Crippen LogP contribution is 2.39. The number of rotatable bonds is 5. The summed E-state index contributed by atoms with van der Waals surface area (Å²) in [4.78, 5) is 9.03. The molecule has 94 valence electrons. The summed E-state index contributed by atoms with van der Waals surface area (Å²) in [5, 5.41) is 1.57. The zero-order chi connectivity index (χ0) is 12.4. The first-order valence-electron chi connectivity index (χ1n) is 6.12. The van der Waals surface area contributed by atoms with Gasteiger partial charge < -0.3 is 5.43 Å². The predicted octanol–water partition coefficient (Wildman–Crippen LogP) is 2.78. The fraction of sp³-hybridized carbons (Fsp3) is 0.667. The van der Waals surface area contributed by atoms with Gasteiger partial charge in [-0.3, -0.25) is 0 Å². The largest absolute Gasteiger partial charge is 0.308 e. The first kappa shape index (κ1) is 12.6. The maximum Gasteiger partial charge on any atom is 0.144 e. The third kappa shape index (κ3) is 3.33. The fourth-order valence-corrected chi connectivity index (χ4v) is 2.41. The highest BCUT2D eigenvalue weighted by molar-refractivity contribution is 7.99. The van der Waals surface area contributed by atoms with Crippen molar-refractivity contribution in [3.8, 4) is 0 Å². The van der Waals surface area contributed by atoms with Crippen LogP contribution < -0.4 is 11.3 Å². The third-order valence-corrected chi connectivity index (χ3v) is 4.42. The summed E-state index contributed by atoms with van der Waals surface area (Å²) in [6, 6.07) is 1.93. The minimum absolute atomic E-state index is 0.544. The molecular formula is C12H20N4S. The Kier molecular flexibility index (Phi) is 3.89. The molecule has 0 aromatic carbocycles. The van der Waals surface area contributed by atoms with Crippen LogP contribution in [0.3, 0.4) is 0 Å². The highest BCUT2D eigenvalue weighted by atomic mass is 32.2. The van der Waals surface area contributed by atoms with Crippen molar-refractivity contribution in [1.82, 2.24) is 9.97 Å². The maximum absolute atomic E-state index is 5.45. The molecule has 2 rings (SSSR count). The second kappa shape index (κ2) is 5.23. The van der Waals surface area contributed by atoms with Crippen LogP contribution in [0.5, 0.6) is 0 Å². The predicted molar refractivity (Wildman–Crippen MR) is 72.0 cm³/mol. The smallest absolute Gasteiger partial charge is 0.144 e. The van der Waals surface area contributed by atoms with Crippen molar-refractivity contribution in [2.24, 2.45) is 11.8 Å². The summed E-state index contributed by atoms with van der Waals surface area (Å²) in [6.45, 7) is 6.68. The van der Waals surface area contributed by atoms with E-state index in [9.17, 15) is 0 Å². The summed E-state index contributed by atoms with van der Waals surface area (Å²) in [5.41, 5.74) is 2.63. The zero-order valence-corrected chi connectivity index (χ0v) is 11.4. The summed E-state index contributed by atoms with van der Waals surface area (Å²) in [7, 11) is 0. The number of aromatic nitrogens is 2. The Morgan fingerprint density at radius 2 is 2.06 bits per heavy atom. The molecule has 0 aliphatic heterocycles. The van der Waals surface area contributed by atoms with Gasteiger partial charge in [0.1, 0.15) is 16.7 Å². The zero-order valence-electron chi connectivity index (χ0n) is 10.6. The van der Waals surface area contributed by atoms with Crippen LogP contribution in [0.25, 0.3) is 0 Å². The normalized spacial score (nSPS) is 17.2. The standard InChI is InChI=1S/C12H20N4S/c1-7(2)8(3)17-11-6-10(16-13)14-12(15-11)9-4-5-9/h6-9H,4-5,13H2,1-3H3,(H,14,15,16). The molecular weight excluding hydrogens is 232 g/mol. The Labute approximate surface area is 107 Å². The van der Waals surface area contributed by atoms with Crippen molar-refractivity contribution in [2.45, 2.75) is 49.8 Å². The topological polar surface area (TPSA) is 63.8 Å². The number of thioether (sulfide) groups is 1. The van der Waals surface area contributed by atoms with Gasteiger partial charge in [-0.25, -0.2) is 15.8 Å². The van der Waals surface area contributed by atoms with Gasteiger partial charge in [0.15, 0.2) is 0 Å². The summed E-state index contributed by atoms with van der Waals surface area (Å²) in [5.74, 6) is 8.30. The van der Waals surface area contributed by atoms with Crippen molar-refractivity contribution in [3.63, 3.8) is 0 Å². The second-order valence-electron chi connectivity index (χ2n) is 4.94. The number of nitrogen functional groups attached to an aromatic ring is 1. The van der Waals surface area contributed by atoms with Crippen LogP contribution >= 0.6 is 11.8 Å². The van der Waals surface area contributed by atoms with E-state index in [1.54, 1.807) is 11.8 Å². The number of anilines is 1. The van der Waals surface area contributed by atoms with Crippen LogP contribution in [0.1, 0.15) is 45.4 Å². The van der Waals surface area contributed by atoms with Crippen LogP contribution in [0.4, 0.5) is 5.82 Å². The van der Waals surface area contributed by atoms with Gasteiger partial charge in [0, 0.05) is 17.2 Å². The summed E-state index contributed by atoms with van der Waals surface area (Å²) >= 11 is 1.79. The number of hydrogen-bond donors (Lipinski definition) is 2. The van der Waals surface area contributed by atoms with Crippen LogP contribution in [-0.4, -0.2) is 15.2 Å². The van der Waals surface area contributed by atoms with E-state index in [1.165, 1.54) is 12.8 Å².